The van der Waals surface area contributed by atoms with E-state index in [1.165, 1.54) is 17.4 Å². The molecule has 0 spiro atoms. The summed E-state index contributed by atoms with van der Waals surface area (Å²) < 4.78 is 24.8. The molecule has 1 N–H and O–H groups in total. The van der Waals surface area contributed by atoms with Crippen molar-refractivity contribution in [2.75, 3.05) is 31.2 Å². The molecule has 1 heterocycles. The summed E-state index contributed by atoms with van der Waals surface area (Å²) in [6, 6.07) is 6.41. The molecule has 0 saturated carbocycles. The number of aryl methyl sites for hydroxylation is 2. The van der Waals surface area contributed by atoms with Gasteiger partial charge >= 0.3 is 0 Å². The summed E-state index contributed by atoms with van der Waals surface area (Å²) in [6.07, 6.45) is 3.34. The van der Waals surface area contributed by atoms with Crippen LogP contribution in [0.1, 0.15) is 24.0 Å². The van der Waals surface area contributed by atoms with Crippen LogP contribution in [0.4, 0.5) is 5.69 Å². The van der Waals surface area contributed by atoms with Gasteiger partial charge in [-0.2, -0.15) is 0 Å². The van der Waals surface area contributed by atoms with Crippen molar-refractivity contribution in [1.82, 2.24) is 4.31 Å². The van der Waals surface area contributed by atoms with E-state index in [1.54, 1.807) is 4.31 Å². The van der Waals surface area contributed by atoms with Crippen molar-refractivity contribution in [3.63, 3.8) is 0 Å². The lowest BCUT2D eigenvalue weighted by molar-refractivity contribution is 0.277. The Morgan fingerprint density at radius 1 is 1.25 bits per heavy atom. The average molecular weight is 296 g/mol. The second-order valence-corrected chi connectivity index (χ2v) is 7.87. The molecule has 2 rings (SSSR count). The molecule has 1 unspecified atom stereocenters. The summed E-state index contributed by atoms with van der Waals surface area (Å²) in [5, 5.41) is 3.45. The van der Waals surface area contributed by atoms with Crippen LogP contribution in [0.2, 0.25) is 0 Å². The lowest BCUT2D eigenvalue weighted by Crippen LogP contribution is -2.41. The van der Waals surface area contributed by atoms with E-state index in [-0.39, 0.29) is 0 Å². The number of piperidine rings is 1. The number of hydrogen-bond acceptors (Lipinski definition) is 3. The fraction of sp³-hybridized carbons (Fsp3) is 0.600. The third-order valence-electron chi connectivity index (χ3n) is 3.77. The normalized spacial score (nSPS) is 20.9. The van der Waals surface area contributed by atoms with Crippen LogP contribution < -0.4 is 5.32 Å². The van der Waals surface area contributed by atoms with E-state index in [9.17, 15) is 8.42 Å². The Labute approximate surface area is 122 Å². The molecule has 0 aliphatic carbocycles. The number of rotatable bonds is 4. The highest BCUT2D eigenvalue weighted by Crippen LogP contribution is 2.20. The number of hydrogen-bond donors (Lipinski definition) is 1. The van der Waals surface area contributed by atoms with Crippen molar-refractivity contribution in [3.05, 3.63) is 29.3 Å². The molecule has 0 aromatic heterocycles. The zero-order valence-electron chi connectivity index (χ0n) is 12.5. The molecule has 1 aromatic rings. The molecule has 1 saturated heterocycles. The van der Waals surface area contributed by atoms with Gasteiger partial charge in [0, 0.05) is 25.3 Å². The number of anilines is 1. The molecule has 5 heteroatoms. The lowest BCUT2D eigenvalue weighted by atomic mass is 9.99. The summed E-state index contributed by atoms with van der Waals surface area (Å²) in [4.78, 5) is 0. The first-order valence-corrected chi connectivity index (χ1v) is 8.97. The maximum Gasteiger partial charge on any atom is 0.211 e. The Morgan fingerprint density at radius 2 is 1.90 bits per heavy atom. The van der Waals surface area contributed by atoms with Gasteiger partial charge in [0.05, 0.1) is 6.26 Å². The topological polar surface area (TPSA) is 49.4 Å². The minimum absolute atomic E-state index is 0.388. The summed E-state index contributed by atoms with van der Waals surface area (Å²) in [7, 11) is -3.05. The maximum absolute atomic E-state index is 11.6. The fourth-order valence-corrected chi connectivity index (χ4v) is 3.78. The number of benzene rings is 1. The number of nitrogens with zero attached hydrogens (tertiary/aromatic N) is 1. The predicted molar refractivity (Wildman–Crippen MR) is 83.5 cm³/mol. The SMILES string of the molecule is Cc1cc(C)cc(NCC2CCCN(S(C)(=O)=O)C2)c1. The number of nitrogens with one attached hydrogen (secondary N) is 1. The first-order valence-electron chi connectivity index (χ1n) is 7.12. The fourth-order valence-electron chi connectivity index (χ4n) is 2.83. The van der Waals surface area contributed by atoms with E-state index in [0.29, 0.717) is 19.0 Å². The molecule has 4 nitrogen and oxygen atoms in total. The van der Waals surface area contributed by atoms with Gasteiger partial charge in [-0.3, -0.25) is 0 Å². The Kier molecular flexibility index (Phi) is 4.70. The van der Waals surface area contributed by atoms with E-state index in [4.69, 9.17) is 0 Å². The van der Waals surface area contributed by atoms with Crippen molar-refractivity contribution in [2.45, 2.75) is 26.7 Å². The van der Waals surface area contributed by atoms with Crippen molar-refractivity contribution >= 4 is 15.7 Å². The molecule has 1 aliphatic heterocycles. The smallest absolute Gasteiger partial charge is 0.211 e. The molecule has 1 fully saturated rings. The number of sulfonamides is 1. The van der Waals surface area contributed by atoms with Crippen LogP contribution in [0.5, 0.6) is 0 Å². The highest BCUT2D eigenvalue weighted by Gasteiger charge is 2.25. The zero-order chi connectivity index (χ0) is 14.8. The van der Waals surface area contributed by atoms with E-state index < -0.39 is 10.0 Å². The Bertz CT molecular complexity index is 549. The summed E-state index contributed by atoms with van der Waals surface area (Å²) >= 11 is 0. The van der Waals surface area contributed by atoms with Gasteiger partial charge < -0.3 is 5.32 Å². The molecular formula is C15H24N2O2S. The van der Waals surface area contributed by atoms with Crippen LogP contribution in [0.3, 0.4) is 0 Å². The maximum atomic E-state index is 11.6. The van der Waals surface area contributed by atoms with Crippen molar-refractivity contribution < 1.29 is 8.42 Å². The van der Waals surface area contributed by atoms with Crippen LogP contribution in [0.25, 0.3) is 0 Å². The van der Waals surface area contributed by atoms with Gasteiger partial charge in [-0.25, -0.2) is 12.7 Å². The van der Waals surface area contributed by atoms with Crippen LogP contribution in [-0.4, -0.2) is 38.6 Å². The molecule has 20 heavy (non-hydrogen) atoms. The zero-order valence-corrected chi connectivity index (χ0v) is 13.3. The first kappa shape index (κ1) is 15.3. The third-order valence-corrected chi connectivity index (χ3v) is 5.04. The van der Waals surface area contributed by atoms with E-state index >= 15 is 0 Å². The quantitative estimate of drug-likeness (QED) is 0.928. The van der Waals surface area contributed by atoms with E-state index in [2.05, 4.69) is 37.4 Å². The average Bonchev–Trinajstić information content (AvgIpc) is 2.35. The van der Waals surface area contributed by atoms with Crippen LogP contribution in [0, 0.1) is 19.8 Å². The molecule has 0 amide bonds. The largest absolute Gasteiger partial charge is 0.385 e. The predicted octanol–water partition coefficient (Wildman–Crippen LogP) is 2.39. The van der Waals surface area contributed by atoms with Gasteiger partial charge in [0.15, 0.2) is 0 Å². The monoisotopic (exact) mass is 296 g/mol. The summed E-state index contributed by atoms with van der Waals surface area (Å²) in [6.45, 7) is 6.30. The van der Waals surface area contributed by atoms with Gasteiger partial charge in [-0.05, 0) is 55.9 Å². The van der Waals surface area contributed by atoms with Crippen LogP contribution in [-0.2, 0) is 10.0 Å². The second-order valence-electron chi connectivity index (χ2n) is 5.89. The highest BCUT2D eigenvalue weighted by molar-refractivity contribution is 7.88. The van der Waals surface area contributed by atoms with Gasteiger partial charge in [-0.1, -0.05) is 6.07 Å². The minimum Gasteiger partial charge on any atom is -0.385 e. The molecule has 1 aromatic carbocycles. The summed E-state index contributed by atoms with van der Waals surface area (Å²) in [5.41, 5.74) is 3.61. The molecular weight excluding hydrogens is 272 g/mol. The molecule has 112 valence electrons. The van der Waals surface area contributed by atoms with Crippen molar-refractivity contribution in [2.24, 2.45) is 5.92 Å². The van der Waals surface area contributed by atoms with Gasteiger partial charge in [0.2, 0.25) is 10.0 Å². The Hall–Kier alpha value is -1.07. The van der Waals surface area contributed by atoms with Gasteiger partial charge in [-0.15, -0.1) is 0 Å². The molecule has 0 radical (unpaired) electrons. The molecule has 0 bridgehead atoms. The van der Waals surface area contributed by atoms with Gasteiger partial charge in [0.1, 0.15) is 0 Å². The standard InChI is InChI=1S/C15H24N2O2S/c1-12-7-13(2)9-15(8-12)16-10-14-5-4-6-17(11-14)20(3,18)19/h7-9,14,16H,4-6,10-11H2,1-3H3. The Morgan fingerprint density at radius 3 is 2.50 bits per heavy atom. The van der Waals surface area contributed by atoms with Crippen LogP contribution >= 0.6 is 0 Å². The van der Waals surface area contributed by atoms with E-state index in [1.807, 2.05) is 0 Å². The van der Waals surface area contributed by atoms with Crippen LogP contribution in [0.15, 0.2) is 18.2 Å². The third kappa shape index (κ3) is 4.21. The summed E-state index contributed by atoms with van der Waals surface area (Å²) in [5.74, 6) is 0.388. The van der Waals surface area contributed by atoms with E-state index in [0.717, 1.165) is 25.1 Å². The highest BCUT2D eigenvalue weighted by atomic mass is 32.2. The minimum atomic E-state index is -3.05. The van der Waals surface area contributed by atoms with Crippen molar-refractivity contribution in [1.29, 1.82) is 0 Å². The van der Waals surface area contributed by atoms with Gasteiger partial charge in [0.25, 0.3) is 0 Å². The molecule has 1 aliphatic rings. The van der Waals surface area contributed by atoms with Crippen molar-refractivity contribution in [3.8, 4) is 0 Å². The second kappa shape index (κ2) is 6.14. The Balaban J connectivity index is 1.93. The lowest BCUT2D eigenvalue weighted by Gasteiger charge is -2.31. The first-order chi connectivity index (χ1) is 9.34. The molecule has 1 atom stereocenters.